The minimum atomic E-state index is -0.273. The van der Waals surface area contributed by atoms with Crippen molar-refractivity contribution in [2.45, 2.75) is 24.9 Å². The monoisotopic (exact) mass is 391 g/mol. The van der Waals surface area contributed by atoms with E-state index in [2.05, 4.69) is 104 Å². The van der Waals surface area contributed by atoms with E-state index in [0.29, 0.717) is 6.61 Å². The summed E-state index contributed by atoms with van der Waals surface area (Å²) >= 11 is 0. The number of aryl methyl sites for hydroxylation is 1. The zero-order valence-electron chi connectivity index (χ0n) is 17.2. The fourth-order valence-corrected chi connectivity index (χ4v) is 3.82. The van der Waals surface area contributed by atoms with Gasteiger partial charge in [0.25, 0.3) is 0 Å². The van der Waals surface area contributed by atoms with Crippen molar-refractivity contribution in [3.63, 3.8) is 0 Å². The van der Waals surface area contributed by atoms with Crippen LogP contribution in [0.5, 0.6) is 5.75 Å². The lowest BCUT2D eigenvalue weighted by molar-refractivity contribution is 0.306. The van der Waals surface area contributed by atoms with Crippen LogP contribution in [0.25, 0.3) is 0 Å². The molecule has 1 radical (unpaired) electrons. The molecule has 149 valence electrons. The van der Waals surface area contributed by atoms with Crippen molar-refractivity contribution in [2.24, 2.45) is 0 Å². The number of hydrogen-bond acceptors (Lipinski definition) is 1. The van der Waals surface area contributed by atoms with Crippen molar-refractivity contribution >= 4 is 0 Å². The third kappa shape index (κ3) is 4.80. The molecule has 0 saturated carbocycles. The van der Waals surface area contributed by atoms with E-state index >= 15 is 0 Å². The molecule has 0 bridgehead atoms. The van der Waals surface area contributed by atoms with Crippen LogP contribution < -0.4 is 4.74 Å². The summed E-state index contributed by atoms with van der Waals surface area (Å²) in [6.45, 7) is 5.27. The molecule has 4 aromatic carbocycles. The first-order chi connectivity index (χ1) is 14.7. The molecule has 30 heavy (non-hydrogen) atoms. The van der Waals surface area contributed by atoms with Gasteiger partial charge in [-0.1, -0.05) is 103 Å². The van der Waals surface area contributed by atoms with Crippen LogP contribution in [0.4, 0.5) is 0 Å². The molecule has 0 amide bonds. The molecule has 0 aliphatic carbocycles. The Hall–Kier alpha value is -3.32. The number of benzene rings is 4. The smallest absolute Gasteiger partial charge is 0.119 e. The minimum absolute atomic E-state index is 0.273. The Morgan fingerprint density at radius 1 is 0.567 bits per heavy atom. The van der Waals surface area contributed by atoms with E-state index in [-0.39, 0.29) is 5.41 Å². The Bertz CT molecular complexity index is 982. The van der Waals surface area contributed by atoms with Gasteiger partial charge in [0.2, 0.25) is 0 Å². The highest BCUT2D eigenvalue weighted by Crippen LogP contribution is 2.36. The van der Waals surface area contributed by atoms with Crippen molar-refractivity contribution in [2.75, 3.05) is 0 Å². The predicted molar refractivity (Wildman–Crippen MR) is 125 cm³/mol. The Labute approximate surface area is 180 Å². The molecule has 0 atom stereocenters. The normalized spacial score (nSPS) is 11.2. The molecule has 0 heterocycles. The van der Waals surface area contributed by atoms with E-state index in [4.69, 9.17) is 4.74 Å². The SMILES string of the molecule is [CH2]C(CCc1ccc(OCc2ccccc2)cc1)(c1ccccc1)c1ccccc1. The molecular weight excluding hydrogens is 364 g/mol. The molecule has 4 aromatic rings. The molecule has 4 rings (SSSR count). The third-order valence-corrected chi connectivity index (χ3v) is 5.66. The summed E-state index contributed by atoms with van der Waals surface area (Å²) in [6, 6.07) is 39.9. The van der Waals surface area contributed by atoms with Crippen LogP contribution in [0.1, 0.15) is 28.7 Å². The maximum Gasteiger partial charge on any atom is 0.119 e. The first-order valence-electron chi connectivity index (χ1n) is 10.5. The van der Waals surface area contributed by atoms with Crippen LogP contribution in [0.2, 0.25) is 0 Å². The van der Waals surface area contributed by atoms with E-state index in [0.717, 1.165) is 18.6 Å². The van der Waals surface area contributed by atoms with E-state index in [1.165, 1.54) is 22.3 Å². The van der Waals surface area contributed by atoms with Gasteiger partial charge in [-0.05, 0) is 54.2 Å². The first-order valence-corrected chi connectivity index (χ1v) is 10.5. The molecule has 0 aromatic heterocycles. The summed E-state index contributed by atoms with van der Waals surface area (Å²) in [5, 5.41) is 0. The quantitative estimate of drug-likeness (QED) is 0.314. The molecule has 0 fully saturated rings. The molecular formula is C29H27O. The van der Waals surface area contributed by atoms with Gasteiger partial charge >= 0.3 is 0 Å². The molecule has 0 unspecified atom stereocenters. The standard InChI is InChI=1S/C29H27O/c1-29(26-13-7-3-8-14-26,27-15-9-4-10-16-27)22-21-24-17-19-28(20-18-24)30-23-25-11-5-2-6-12-25/h2-20H,1,21-23H2. The van der Waals surface area contributed by atoms with E-state index in [1.54, 1.807) is 0 Å². The molecule has 1 nitrogen and oxygen atoms in total. The van der Waals surface area contributed by atoms with Crippen LogP contribution in [-0.2, 0) is 18.4 Å². The molecule has 1 heteroatoms. The van der Waals surface area contributed by atoms with Crippen molar-refractivity contribution in [3.05, 3.63) is 144 Å². The lowest BCUT2D eigenvalue weighted by atomic mass is 9.72. The van der Waals surface area contributed by atoms with Gasteiger partial charge in [-0.25, -0.2) is 0 Å². The average molecular weight is 392 g/mol. The van der Waals surface area contributed by atoms with Gasteiger partial charge in [0.1, 0.15) is 12.4 Å². The van der Waals surface area contributed by atoms with Gasteiger partial charge in [-0.15, -0.1) is 0 Å². The van der Waals surface area contributed by atoms with Crippen molar-refractivity contribution in [3.8, 4) is 5.75 Å². The topological polar surface area (TPSA) is 9.23 Å². The first kappa shape index (κ1) is 20.0. The molecule has 0 aliphatic rings. The maximum atomic E-state index is 5.92. The number of hydrogen-bond donors (Lipinski definition) is 0. The second kappa shape index (κ2) is 9.45. The second-order valence-electron chi connectivity index (χ2n) is 7.73. The van der Waals surface area contributed by atoms with Crippen LogP contribution in [0.15, 0.2) is 115 Å². The fourth-order valence-electron chi connectivity index (χ4n) is 3.82. The summed E-state index contributed by atoms with van der Waals surface area (Å²) in [4.78, 5) is 0. The van der Waals surface area contributed by atoms with Crippen LogP contribution in [0.3, 0.4) is 0 Å². The van der Waals surface area contributed by atoms with Crippen molar-refractivity contribution in [1.29, 1.82) is 0 Å². The van der Waals surface area contributed by atoms with Crippen LogP contribution >= 0.6 is 0 Å². The Morgan fingerprint density at radius 2 is 1.07 bits per heavy atom. The van der Waals surface area contributed by atoms with Gasteiger partial charge in [-0.2, -0.15) is 0 Å². The largest absolute Gasteiger partial charge is 0.489 e. The van der Waals surface area contributed by atoms with Crippen molar-refractivity contribution < 1.29 is 4.74 Å². The van der Waals surface area contributed by atoms with E-state index in [1.807, 2.05) is 18.2 Å². The van der Waals surface area contributed by atoms with Crippen LogP contribution in [0, 0.1) is 6.92 Å². The highest BCUT2D eigenvalue weighted by atomic mass is 16.5. The number of ether oxygens (including phenoxy) is 1. The summed E-state index contributed by atoms with van der Waals surface area (Å²) in [7, 11) is 0. The maximum absolute atomic E-state index is 5.92. The number of rotatable bonds is 8. The summed E-state index contributed by atoms with van der Waals surface area (Å²) < 4.78 is 5.92. The minimum Gasteiger partial charge on any atom is -0.489 e. The zero-order valence-corrected chi connectivity index (χ0v) is 17.2. The Morgan fingerprint density at radius 3 is 1.60 bits per heavy atom. The fraction of sp³-hybridized carbons (Fsp3) is 0.138. The van der Waals surface area contributed by atoms with Gasteiger partial charge < -0.3 is 4.74 Å². The van der Waals surface area contributed by atoms with Gasteiger partial charge in [0.15, 0.2) is 0 Å². The van der Waals surface area contributed by atoms with Gasteiger partial charge in [-0.3, -0.25) is 0 Å². The van der Waals surface area contributed by atoms with Crippen molar-refractivity contribution in [1.82, 2.24) is 0 Å². The Balaban J connectivity index is 1.45. The third-order valence-electron chi connectivity index (χ3n) is 5.66. The lowest BCUT2D eigenvalue weighted by Gasteiger charge is -2.31. The zero-order chi connectivity index (χ0) is 20.7. The van der Waals surface area contributed by atoms with E-state index in [9.17, 15) is 0 Å². The second-order valence-corrected chi connectivity index (χ2v) is 7.73. The molecule has 0 aliphatic heterocycles. The molecule has 0 spiro atoms. The summed E-state index contributed by atoms with van der Waals surface area (Å²) in [5.41, 5.74) is 4.69. The summed E-state index contributed by atoms with van der Waals surface area (Å²) in [5.74, 6) is 0.898. The van der Waals surface area contributed by atoms with Crippen LogP contribution in [-0.4, -0.2) is 0 Å². The highest BCUT2D eigenvalue weighted by molar-refractivity contribution is 5.41. The van der Waals surface area contributed by atoms with E-state index < -0.39 is 0 Å². The van der Waals surface area contributed by atoms with Gasteiger partial charge in [0.05, 0.1) is 0 Å². The Kier molecular flexibility index (Phi) is 6.29. The predicted octanol–water partition coefficient (Wildman–Crippen LogP) is 7.02. The molecule has 0 saturated heterocycles. The lowest BCUT2D eigenvalue weighted by Crippen LogP contribution is -2.25. The molecule has 0 N–H and O–H groups in total. The average Bonchev–Trinajstić information content (AvgIpc) is 2.83. The van der Waals surface area contributed by atoms with Gasteiger partial charge in [0, 0.05) is 5.41 Å². The summed E-state index contributed by atoms with van der Waals surface area (Å²) in [6.07, 6.45) is 1.89. The highest BCUT2D eigenvalue weighted by Gasteiger charge is 2.28.